The van der Waals surface area contributed by atoms with Gasteiger partial charge in [0.05, 0.1) is 36.2 Å². The lowest BCUT2D eigenvalue weighted by atomic mass is 10.1. The highest BCUT2D eigenvalue weighted by Crippen LogP contribution is 2.49. The number of rotatable bonds is 7. The van der Waals surface area contributed by atoms with E-state index in [1.54, 1.807) is 4.90 Å². The van der Waals surface area contributed by atoms with Crippen LogP contribution in [0.4, 0.5) is 24.5 Å². The zero-order valence-corrected chi connectivity index (χ0v) is 16.2. The van der Waals surface area contributed by atoms with Gasteiger partial charge < -0.3 is 20.4 Å². The standard InChI is InChI=1S/C20H23F3N2O2S/c1-2-14(12-26)24-10-15(27)11-25-16-5-3-4-6-18(16)28-19-8-7-13(9-17(19)25)20(21,22)23/h3-9,14-15,24,26-27H,2,10-12H2,1H3. The molecule has 8 heteroatoms. The number of nitrogens with zero attached hydrogens (tertiary/aromatic N) is 1. The van der Waals surface area contributed by atoms with Gasteiger partial charge in [-0.15, -0.1) is 0 Å². The molecule has 0 bridgehead atoms. The molecule has 1 aliphatic heterocycles. The molecule has 28 heavy (non-hydrogen) atoms. The highest BCUT2D eigenvalue weighted by atomic mass is 32.2. The van der Waals surface area contributed by atoms with E-state index in [-0.39, 0.29) is 25.7 Å². The quantitative estimate of drug-likeness (QED) is 0.641. The summed E-state index contributed by atoms with van der Waals surface area (Å²) < 4.78 is 39.7. The number of aliphatic hydroxyl groups excluding tert-OH is 2. The van der Waals surface area contributed by atoms with Crippen LogP contribution in [0.3, 0.4) is 0 Å². The molecule has 2 atom stereocenters. The van der Waals surface area contributed by atoms with Gasteiger partial charge in [-0.2, -0.15) is 13.2 Å². The van der Waals surface area contributed by atoms with Gasteiger partial charge in [0.25, 0.3) is 0 Å². The maximum Gasteiger partial charge on any atom is 0.416 e. The van der Waals surface area contributed by atoms with Gasteiger partial charge in [-0.25, -0.2) is 0 Å². The van der Waals surface area contributed by atoms with Crippen molar-refractivity contribution in [2.45, 2.75) is 41.5 Å². The summed E-state index contributed by atoms with van der Waals surface area (Å²) in [5.41, 5.74) is 0.495. The number of hydrogen-bond acceptors (Lipinski definition) is 5. The van der Waals surface area contributed by atoms with Gasteiger partial charge in [0.2, 0.25) is 0 Å². The molecule has 0 aromatic heterocycles. The van der Waals surface area contributed by atoms with Crippen molar-refractivity contribution in [2.24, 2.45) is 0 Å². The number of anilines is 2. The first-order chi connectivity index (χ1) is 13.3. The van der Waals surface area contributed by atoms with Gasteiger partial charge in [0, 0.05) is 22.4 Å². The van der Waals surface area contributed by atoms with Crippen molar-refractivity contribution >= 4 is 23.1 Å². The summed E-state index contributed by atoms with van der Waals surface area (Å²) in [4.78, 5) is 3.38. The van der Waals surface area contributed by atoms with E-state index >= 15 is 0 Å². The zero-order valence-electron chi connectivity index (χ0n) is 15.4. The van der Waals surface area contributed by atoms with Crippen LogP contribution in [0.1, 0.15) is 18.9 Å². The topological polar surface area (TPSA) is 55.7 Å². The van der Waals surface area contributed by atoms with Crippen molar-refractivity contribution in [3.05, 3.63) is 48.0 Å². The Balaban J connectivity index is 1.89. The molecule has 152 valence electrons. The van der Waals surface area contributed by atoms with Gasteiger partial charge in [0.15, 0.2) is 0 Å². The molecule has 1 heterocycles. The average molecular weight is 412 g/mol. The molecule has 0 aliphatic carbocycles. The van der Waals surface area contributed by atoms with Gasteiger partial charge in [-0.1, -0.05) is 30.8 Å². The Morgan fingerprint density at radius 1 is 1.11 bits per heavy atom. The summed E-state index contributed by atoms with van der Waals surface area (Å²) in [6.45, 7) is 2.26. The monoisotopic (exact) mass is 412 g/mol. The molecule has 0 saturated carbocycles. The maximum atomic E-state index is 13.2. The Morgan fingerprint density at radius 2 is 1.82 bits per heavy atom. The number of aliphatic hydroxyl groups is 2. The first-order valence-electron chi connectivity index (χ1n) is 9.11. The largest absolute Gasteiger partial charge is 0.416 e. The van der Waals surface area contributed by atoms with Crippen molar-refractivity contribution in [2.75, 3.05) is 24.6 Å². The zero-order chi connectivity index (χ0) is 20.3. The molecule has 0 amide bonds. The van der Waals surface area contributed by atoms with Crippen LogP contribution in [0.2, 0.25) is 0 Å². The van der Waals surface area contributed by atoms with Gasteiger partial charge in [-0.3, -0.25) is 0 Å². The van der Waals surface area contributed by atoms with E-state index in [1.807, 2.05) is 31.2 Å². The minimum atomic E-state index is -4.43. The molecule has 0 saturated heterocycles. The minimum Gasteiger partial charge on any atom is -0.395 e. The first kappa shape index (κ1) is 21.0. The lowest BCUT2D eigenvalue weighted by Gasteiger charge is -2.35. The smallest absolute Gasteiger partial charge is 0.395 e. The predicted molar refractivity (Wildman–Crippen MR) is 104 cm³/mol. The van der Waals surface area contributed by atoms with Gasteiger partial charge >= 0.3 is 6.18 Å². The highest BCUT2D eigenvalue weighted by Gasteiger charge is 2.33. The highest BCUT2D eigenvalue weighted by molar-refractivity contribution is 7.99. The third kappa shape index (κ3) is 4.63. The van der Waals surface area contributed by atoms with Crippen LogP contribution in [0.5, 0.6) is 0 Å². The van der Waals surface area contributed by atoms with Crippen LogP contribution in [-0.2, 0) is 6.18 Å². The lowest BCUT2D eigenvalue weighted by molar-refractivity contribution is -0.137. The van der Waals surface area contributed by atoms with E-state index < -0.39 is 17.8 Å². The number of fused-ring (bicyclic) bond motifs is 2. The lowest BCUT2D eigenvalue weighted by Crippen LogP contribution is -2.42. The minimum absolute atomic E-state index is 0.0375. The second-order valence-corrected chi connectivity index (χ2v) is 7.79. The Kier molecular flexibility index (Phi) is 6.54. The Morgan fingerprint density at radius 3 is 2.50 bits per heavy atom. The maximum absolute atomic E-state index is 13.2. The van der Waals surface area contributed by atoms with E-state index in [2.05, 4.69) is 5.32 Å². The summed E-state index contributed by atoms with van der Waals surface area (Å²) in [6.07, 6.45) is -4.54. The molecule has 0 spiro atoms. The Bertz CT molecular complexity index is 812. The summed E-state index contributed by atoms with van der Waals surface area (Å²) >= 11 is 1.42. The second-order valence-electron chi connectivity index (χ2n) is 6.71. The number of hydrogen-bond donors (Lipinski definition) is 3. The molecule has 3 rings (SSSR count). The van der Waals surface area contributed by atoms with Crippen LogP contribution in [0, 0.1) is 0 Å². The summed E-state index contributed by atoms with van der Waals surface area (Å²) in [6, 6.07) is 11.0. The van der Waals surface area contributed by atoms with Crippen LogP contribution < -0.4 is 10.2 Å². The van der Waals surface area contributed by atoms with Crippen molar-refractivity contribution in [3.8, 4) is 0 Å². The molecule has 0 radical (unpaired) electrons. The van der Waals surface area contributed by atoms with Gasteiger partial charge in [-0.05, 0) is 36.8 Å². The summed E-state index contributed by atoms with van der Waals surface area (Å²) in [5, 5.41) is 22.9. The van der Waals surface area contributed by atoms with E-state index in [1.165, 1.54) is 17.8 Å². The number of alkyl halides is 3. The van der Waals surface area contributed by atoms with E-state index in [4.69, 9.17) is 0 Å². The fourth-order valence-electron chi connectivity index (χ4n) is 3.12. The van der Waals surface area contributed by atoms with E-state index in [9.17, 15) is 23.4 Å². The van der Waals surface area contributed by atoms with Crippen LogP contribution in [-0.4, -0.2) is 42.1 Å². The average Bonchev–Trinajstić information content (AvgIpc) is 2.67. The number of β-amino-alcohol motifs (C(OH)–C–C–N with tert-alkyl or cyclic N) is 1. The van der Waals surface area contributed by atoms with Crippen LogP contribution >= 0.6 is 11.8 Å². The fraction of sp³-hybridized carbons (Fsp3) is 0.400. The molecule has 1 aliphatic rings. The molecule has 2 aromatic rings. The van der Waals surface area contributed by atoms with E-state index in [0.29, 0.717) is 17.0 Å². The molecule has 2 aromatic carbocycles. The fourth-order valence-corrected chi connectivity index (χ4v) is 4.19. The third-order valence-corrected chi connectivity index (χ3v) is 5.83. The van der Waals surface area contributed by atoms with Gasteiger partial charge in [0.1, 0.15) is 0 Å². The molecular weight excluding hydrogens is 389 g/mol. The predicted octanol–water partition coefficient (Wildman–Crippen LogP) is 4.03. The third-order valence-electron chi connectivity index (χ3n) is 4.70. The Labute approximate surface area is 166 Å². The summed E-state index contributed by atoms with van der Waals surface area (Å²) in [7, 11) is 0. The number of nitrogens with one attached hydrogen (secondary N) is 1. The molecule has 0 fully saturated rings. The number of para-hydroxylation sites is 1. The molecule has 4 nitrogen and oxygen atoms in total. The second kappa shape index (κ2) is 8.73. The normalized spacial score (nSPS) is 15.7. The number of halogens is 3. The van der Waals surface area contributed by atoms with Crippen molar-refractivity contribution in [1.29, 1.82) is 0 Å². The molecular formula is C20H23F3N2O2S. The van der Waals surface area contributed by atoms with E-state index in [0.717, 1.165) is 22.7 Å². The van der Waals surface area contributed by atoms with Crippen LogP contribution in [0.25, 0.3) is 0 Å². The van der Waals surface area contributed by atoms with Crippen molar-refractivity contribution in [3.63, 3.8) is 0 Å². The molecule has 2 unspecified atom stereocenters. The van der Waals surface area contributed by atoms with Crippen molar-refractivity contribution in [1.82, 2.24) is 5.32 Å². The Hall–Kier alpha value is -1.74. The number of benzene rings is 2. The summed E-state index contributed by atoms with van der Waals surface area (Å²) in [5.74, 6) is 0. The first-order valence-corrected chi connectivity index (χ1v) is 9.93. The SMILES string of the molecule is CCC(CO)NCC(O)CN1c2ccccc2Sc2ccc(C(F)(F)F)cc21. The van der Waals surface area contributed by atoms with Crippen molar-refractivity contribution < 1.29 is 23.4 Å². The molecule has 3 N–H and O–H groups in total. The van der Waals surface area contributed by atoms with Crippen LogP contribution in [0.15, 0.2) is 52.3 Å².